The molecule has 2 nitrogen and oxygen atoms in total. The summed E-state index contributed by atoms with van der Waals surface area (Å²) in [6, 6.07) is 3.77. The average Bonchev–Trinajstić information content (AvgIpc) is 3.01. The van der Waals surface area contributed by atoms with Gasteiger partial charge in [-0.3, -0.25) is 4.79 Å². The first kappa shape index (κ1) is 12.0. The molecule has 0 aromatic heterocycles. The van der Waals surface area contributed by atoms with E-state index in [0.717, 1.165) is 25.3 Å². The lowest BCUT2D eigenvalue weighted by molar-refractivity contribution is 0.0943. The van der Waals surface area contributed by atoms with E-state index < -0.39 is 17.5 Å². The summed E-state index contributed by atoms with van der Waals surface area (Å²) < 4.78 is 26.3. The molecule has 0 aliphatic heterocycles. The first-order valence-corrected chi connectivity index (χ1v) is 5.88. The van der Waals surface area contributed by atoms with Gasteiger partial charge in [0.2, 0.25) is 0 Å². The summed E-state index contributed by atoms with van der Waals surface area (Å²) >= 11 is 0. The molecule has 1 aromatic rings. The van der Waals surface area contributed by atoms with Gasteiger partial charge < -0.3 is 5.32 Å². The molecule has 1 fully saturated rings. The standard InChI is InChI=1S/C13H15F2NO/c1-2-4-8-7-11(8)16-13(17)9-5-3-6-10(14)12(9)15/h3,5-6,8,11H,2,4,7H2,1H3,(H,16,17). The van der Waals surface area contributed by atoms with E-state index >= 15 is 0 Å². The maximum atomic E-state index is 13.3. The fraction of sp³-hybridized carbons (Fsp3) is 0.462. The molecule has 1 aliphatic rings. The van der Waals surface area contributed by atoms with Gasteiger partial charge >= 0.3 is 0 Å². The molecule has 4 heteroatoms. The second kappa shape index (κ2) is 4.82. The SMILES string of the molecule is CCCC1CC1NC(=O)c1cccc(F)c1F. The van der Waals surface area contributed by atoms with Gasteiger partial charge in [0.15, 0.2) is 11.6 Å². The van der Waals surface area contributed by atoms with E-state index in [4.69, 9.17) is 0 Å². The average molecular weight is 239 g/mol. The predicted molar refractivity (Wildman–Crippen MR) is 60.6 cm³/mol. The number of hydrogen-bond donors (Lipinski definition) is 1. The van der Waals surface area contributed by atoms with E-state index in [1.54, 1.807) is 0 Å². The number of rotatable bonds is 4. The third-order valence-corrected chi connectivity index (χ3v) is 3.09. The highest BCUT2D eigenvalue weighted by Crippen LogP contribution is 2.34. The quantitative estimate of drug-likeness (QED) is 0.860. The van der Waals surface area contributed by atoms with Crippen LogP contribution in [0.1, 0.15) is 36.5 Å². The maximum Gasteiger partial charge on any atom is 0.254 e. The van der Waals surface area contributed by atoms with Crippen molar-refractivity contribution in [2.24, 2.45) is 5.92 Å². The molecule has 17 heavy (non-hydrogen) atoms. The lowest BCUT2D eigenvalue weighted by atomic mass is 10.2. The van der Waals surface area contributed by atoms with Crippen molar-refractivity contribution in [2.75, 3.05) is 0 Å². The Morgan fingerprint density at radius 2 is 2.24 bits per heavy atom. The Morgan fingerprint density at radius 1 is 1.47 bits per heavy atom. The van der Waals surface area contributed by atoms with Crippen molar-refractivity contribution in [2.45, 2.75) is 32.2 Å². The molecular weight excluding hydrogens is 224 g/mol. The van der Waals surface area contributed by atoms with E-state index in [0.29, 0.717) is 5.92 Å². The molecule has 1 aliphatic carbocycles. The molecule has 1 N–H and O–H groups in total. The highest BCUT2D eigenvalue weighted by molar-refractivity contribution is 5.94. The minimum atomic E-state index is -1.07. The van der Waals surface area contributed by atoms with Crippen LogP contribution in [0.3, 0.4) is 0 Å². The van der Waals surface area contributed by atoms with Gasteiger partial charge in [-0.25, -0.2) is 8.78 Å². The van der Waals surface area contributed by atoms with Gasteiger partial charge in [0.25, 0.3) is 5.91 Å². The van der Waals surface area contributed by atoms with Crippen molar-refractivity contribution in [1.82, 2.24) is 5.32 Å². The Morgan fingerprint density at radius 3 is 2.94 bits per heavy atom. The van der Waals surface area contributed by atoms with Gasteiger partial charge in [0.05, 0.1) is 5.56 Å². The number of hydrogen-bond acceptors (Lipinski definition) is 1. The topological polar surface area (TPSA) is 29.1 Å². The molecule has 0 radical (unpaired) electrons. The van der Waals surface area contributed by atoms with Crippen LogP contribution in [-0.4, -0.2) is 11.9 Å². The summed E-state index contributed by atoms with van der Waals surface area (Å²) in [4.78, 5) is 11.7. The molecule has 1 aromatic carbocycles. The van der Waals surface area contributed by atoms with Gasteiger partial charge in [-0.2, -0.15) is 0 Å². The van der Waals surface area contributed by atoms with Crippen LogP contribution < -0.4 is 5.32 Å². The molecule has 2 unspecified atom stereocenters. The molecular formula is C13H15F2NO. The highest BCUT2D eigenvalue weighted by Gasteiger charge is 2.37. The van der Waals surface area contributed by atoms with Crippen LogP contribution in [-0.2, 0) is 0 Å². The van der Waals surface area contributed by atoms with E-state index in [-0.39, 0.29) is 11.6 Å². The zero-order valence-corrected chi connectivity index (χ0v) is 9.67. The molecule has 1 saturated carbocycles. The Hall–Kier alpha value is -1.45. The number of nitrogens with one attached hydrogen (secondary N) is 1. The van der Waals surface area contributed by atoms with Crippen molar-refractivity contribution in [3.63, 3.8) is 0 Å². The molecule has 0 spiro atoms. The fourth-order valence-electron chi connectivity index (χ4n) is 2.04. The molecule has 2 atom stereocenters. The Kier molecular flexibility index (Phi) is 3.41. The van der Waals surface area contributed by atoms with Crippen molar-refractivity contribution >= 4 is 5.91 Å². The summed E-state index contributed by atoms with van der Waals surface area (Å²) in [6.45, 7) is 2.09. The lowest BCUT2D eigenvalue weighted by Crippen LogP contribution is -2.27. The third kappa shape index (κ3) is 2.62. The molecule has 1 amide bonds. The van der Waals surface area contributed by atoms with E-state index in [1.165, 1.54) is 12.1 Å². The summed E-state index contributed by atoms with van der Waals surface area (Å²) in [6.07, 6.45) is 3.08. The number of amides is 1. The van der Waals surface area contributed by atoms with Crippen LogP contribution in [0, 0.1) is 17.6 Å². The van der Waals surface area contributed by atoms with Crippen LogP contribution >= 0.6 is 0 Å². The molecule has 2 rings (SSSR count). The summed E-state index contributed by atoms with van der Waals surface area (Å²) in [5, 5.41) is 2.73. The number of carbonyl (C=O) groups is 1. The normalized spacial score (nSPS) is 22.3. The number of carbonyl (C=O) groups excluding carboxylic acids is 1. The minimum absolute atomic E-state index is 0.130. The van der Waals surface area contributed by atoms with Crippen LogP contribution in [0.25, 0.3) is 0 Å². The highest BCUT2D eigenvalue weighted by atomic mass is 19.2. The minimum Gasteiger partial charge on any atom is -0.349 e. The van der Waals surface area contributed by atoms with Crippen molar-refractivity contribution in [1.29, 1.82) is 0 Å². The monoisotopic (exact) mass is 239 g/mol. The second-order valence-corrected chi connectivity index (χ2v) is 4.47. The Bertz CT molecular complexity index is 433. The smallest absolute Gasteiger partial charge is 0.254 e. The van der Waals surface area contributed by atoms with Gasteiger partial charge in [0, 0.05) is 6.04 Å². The zero-order valence-electron chi connectivity index (χ0n) is 9.67. The lowest BCUT2D eigenvalue weighted by Gasteiger charge is -2.05. The van der Waals surface area contributed by atoms with Crippen LogP contribution in [0.5, 0.6) is 0 Å². The predicted octanol–water partition coefficient (Wildman–Crippen LogP) is 2.88. The largest absolute Gasteiger partial charge is 0.349 e. The third-order valence-electron chi connectivity index (χ3n) is 3.09. The van der Waals surface area contributed by atoms with Crippen LogP contribution in [0.15, 0.2) is 18.2 Å². The van der Waals surface area contributed by atoms with E-state index in [2.05, 4.69) is 12.2 Å². The van der Waals surface area contributed by atoms with Gasteiger partial charge in [-0.05, 0) is 30.9 Å². The van der Waals surface area contributed by atoms with Gasteiger partial charge in [-0.15, -0.1) is 0 Å². The Labute approximate surface area is 99.0 Å². The molecule has 0 bridgehead atoms. The van der Waals surface area contributed by atoms with Gasteiger partial charge in [0.1, 0.15) is 0 Å². The van der Waals surface area contributed by atoms with Crippen molar-refractivity contribution in [3.05, 3.63) is 35.4 Å². The van der Waals surface area contributed by atoms with Crippen LogP contribution in [0.2, 0.25) is 0 Å². The summed E-state index contributed by atoms with van der Waals surface area (Å²) in [5.74, 6) is -2.08. The Balaban J connectivity index is 1.99. The first-order chi connectivity index (χ1) is 8.13. The van der Waals surface area contributed by atoms with Crippen LogP contribution in [0.4, 0.5) is 8.78 Å². The zero-order chi connectivity index (χ0) is 12.4. The van der Waals surface area contributed by atoms with E-state index in [9.17, 15) is 13.6 Å². The molecule has 0 heterocycles. The number of halogens is 2. The van der Waals surface area contributed by atoms with Crippen molar-refractivity contribution in [3.8, 4) is 0 Å². The molecule has 0 saturated heterocycles. The first-order valence-electron chi connectivity index (χ1n) is 5.88. The fourth-order valence-corrected chi connectivity index (χ4v) is 2.04. The number of benzene rings is 1. The molecule has 92 valence electrons. The van der Waals surface area contributed by atoms with Gasteiger partial charge in [-0.1, -0.05) is 19.4 Å². The van der Waals surface area contributed by atoms with Crippen molar-refractivity contribution < 1.29 is 13.6 Å². The second-order valence-electron chi connectivity index (χ2n) is 4.47. The summed E-state index contributed by atoms with van der Waals surface area (Å²) in [5.41, 5.74) is -0.216. The maximum absolute atomic E-state index is 13.3. The van der Waals surface area contributed by atoms with E-state index in [1.807, 2.05) is 0 Å². The summed E-state index contributed by atoms with van der Waals surface area (Å²) in [7, 11) is 0.